The Morgan fingerprint density at radius 1 is 1.15 bits per heavy atom. The number of amides is 1. The highest BCUT2D eigenvalue weighted by molar-refractivity contribution is 7.80. The fourth-order valence-corrected chi connectivity index (χ4v) is 4.80. The molecule has 1 amide bonds. The Labute approximate surface area is 209 Å². The van der Waals surface area contributed by atoms with Crippen LogP contribution >= 0.6 is 23.8 Å². The molecule has 0 bridgehead atoms. The molecule has 176 valence electrons. The molecule has 0 fully saturated rings. The van der Waals surface area contributed by atoms with Gasteiger partial charge >= 0.3 is 0 Å². The molecule has 0 spiro atoms. The molecule has 0 radical (unpaired) electrons. The number of hydrogen-bond donors (Lipinski definition) is 1. The minimum absolute atomic E-state index is 0.0386. The summed E-state index contributed by atoms with van der Waals surface area (Å²) in [7, 11) is 0. The van der Waals surface area contributed by atoms with Gasteiger partial charge in [-0.1, -0.05) is 34.8 Å². The van der Waals surface area contributed by atoms with E-state index in [0.29, 0.717) is 36.1 Å². The SMILES string of the molecule is CCN(CC)C(=O)C1=C(C)N(c2ccc(OCc3ccccc3)cc2)C(=S)N[C@H]1c1csnn1. The second kappa shape index (κ2) is 10.8. The van der Waals surface area contributed by atoms with Crippen molar-refractivity contribution in [2.45, 2.75) is 33.4 Å². The van der Waals surface area contributed by atoms with Crippen molar-refractivity contribution in [3.05, 3.63) is 82.5 Å². The first-order valence-corrected chi connectivity index (χ1v) is 12.4. The molecule has 1 atom stereocenters. The van der Waals surface area contributed by atoms with Gasteiger partial charge < -0.3 is 15.0 Å². The Kier molecular flexibility index (Phi) is 7.54. The van der Waals surface area contributed by atoms with Crippen molar-refractivity contribution in [1.29, 1.82) is 0 Å². The van der Waals surface area contributed by atoms with Gasteiger partial charge in [-0.2, -0.15) is 0 Å². The summed E-state index contributed by atoms with van der Waals surface area (Å²) in [6.45, 7) is 7.61. The Hall–Kier alpha value is -3.30. The third kappa shape index (κ3) is 4.95. The van der Waals surface area contributed by atoms with Crippen molar-refractivity contribution in [3.63, 3.8) is 0 Å². The zero-order valence-electron chi connectivity index (χ0n) is 19.4. The van der Waals surface area contributed by atoms with E-state index in [0.717, 1.165) is 22.7 Å². The minimum Gasteiger partial charge on any atom is -0.489 e. The zero-order chi connectivity index (χ0) is 24.1. The van der Waals surface area contributed by atoms with E-state index in [1.54, 1.807) is 4.90 Å². The van der Waals surface area contributed by atoms with Crippen LogP contribution in [0.3, 0.4) is 0 Å². The topological polar surface area (TPSA) is 70.6 Å². The fourth-order valence-electron chi connectivity index (χ4n) is 3.96. The van der Waals surface area contributed by atoms with Crippen molar-refractivity contribution in [2.75, 3.05) is 18.0 Å². The van der Waals surface area contributed by atoms with E-state index < -0.39 is 6.04 Å². The monoisotopic (exact) mass is 493 g/mol. The van der Waals surface area contributed by atoms with Gasteiger partial charge in [0.2, 0.25) is 0 Å². The van der Waals surface area contributed by atoms with E-state index in [4.69, 9.17) is 17.0 Å². The molecule has 0 saturated carbocycles. The summed E-state index contributed by atoms with van der Waals surface area (Å²) in [6.07, 6.45) is 0. The zero-order valence-corrected chi connectivity index (χ0v) is 21.0. The van der Waals surface area contributed by atoms with Gasteiger partial charge in [-0.05, 0) is 74.4 Å². The van der Waals surface area contributed by atoms with Crippen molar-refractivity contribution in [2.24, 2.45) is 0 Å². The Morgan fingerprint density at radius 3 is 2.47 bits per heavy atom. The molecule has 34 heavy (non-hydrogen) atoms. The number of rotatable bonds is 8. The van der Waals surface area contributed by atoms with Crippen LogP contribution in [-0.2, 0) is 11.4 Å². The van der Waals surface area contributed by atoms with E-state index >= 15 is 0 Å². The summed E-state index contributed by atoms with van der Waals surface area (Å²) < 4.78 is 9.91. The molecule has 1 aliphatic heterocycles. The standard InChI is InChI=1S/C25H27N5O2S2/c1-4-29(5-2)24(31)22-17(3)30(25(33)26-23(22)21-16-34-28-27-21)19-11-13-20(14-12-19)32-15-18-9-7-6-8-10-18/h6-14,16,23H,4-5,15H2,1-3H3,(H,26,33)/t23-/m0/s1. The van der Waals surface area contributed by atoms with Crippen LogP contribution in [0.4, 0.5) is 5.69 Å². The summed E-state index contributed by atoms with van der Waals surface area (Å²) in [5.74, 6) is 0.722. The lowest BCUT2D eigenvalue weighted by atomic mass is 9.98. The summed E-state index contributed by atoms with van der Waals surface area (Å²) in [6, 6.07) is 17.3. The van der Waals surface area contributed by atoms with Gasteiger partial charge in [-0.15, -0.1) is 5.10 Å². The largest absolute Gasteiger partial charge is 0.489 e. The molecule has 2 heterocycles. The number of thiocarbonyl (C=S) groups is 1. The summed E-state index contributed by atoms with van der Waals surface area (Å²) in [5, 5.41) is 9.88. The number of carbonyl (C=O) groups excluding carboxylic acids is 1. The Bertz CT molecular complexity index is 1160. The highest BCUT2D eigenvalue weighted by Crippen LogP contribution is 2.34. The average Bonchev–Trinajstić information content (AvgIpc) is 3.39. The first-order chi connectivity index (χ1) is 16.5. The maximum atomic E-state index is 13.5. The minimum atomic E-state index is -0.441. The second-order valence-corrected chi connectivity index (χ2v) is 8.79. The van der Waals surface area contributed by atoms with Crippen LogP contribution in [-0.4, -0.2) is 38.6 Å². The predicted octanol–water partition coefficient (Wildman–Crippen LogP) is 4.70. The molecule has 0 aliphatic carbocycles. The van der Waals surface area contributed by atoms with Gasteiger partial charge in [-0.25, -0.2) is 0 Å². The number of nitrogens with zero attached hydrogens (tertiary/aromatic N) is 4. The van der Waals surface area contributed by atoms with Crippen molar-refractivity contribution >= 4 is 40.5 Å². The lowest BCUT2D eigenvalue weighted by Crippen LogP contribution is -2.50. The molecule has 4 rings (SSSR count). The van der Waals surface area contributed by atoms with Crippen LogP contribution in [0, 0.1) is 0 Å². The third-order valence-electron chi connectivity index (χ3n) is 5.78. The van der Waals surface area contributed by atoms with Gasteiger partial charge in [0.05, 0.1) is 5.57 Å². The van der Waals surface area contributed by atoms with E-state index in [9.17, 15) is 4.79 Å². The first-order valence-electron chi connectivity index (χ1n) is 11.2. The molecular formula is C25H27N5O2S2. The van der Waals surface area contributed by atoms with Crippen molar-refractivity contribution < 1.29 is 9.53 Å². The van der Waals surface area contributed by atoms with Crippen molar-refractivity contribution in [3.8, 4) is 5.75 Å². The van der Waals surface area contributed by atoms with Gasteiger partial charge in [0.25, 0.3) is 5.91 Å². The molecule has 0 unspecified atom stereocenters. The number of nitrogens with one attached hydrogen (secondary N) is 1. The average molecular weight is 494 g/mol. The Morgan fingerprint density at radius 2 is 1.85 bits per heavy atom. The van der Waals surface area contributed by atoms with E-state index in [-0.39, 0.29) is 5.91 Å². The van der Waals surface area contributed by atoms with Crippen LogP contribution in [0.5, 0.6) is 5.75 Å². The number of hydrogen-bond acceptors (Lipinski definition) is 6. The predicted molar refractivity (Wildman–Crippen MR) is 139 cm³/mol. The molecule has 9 heteroatoms. The van der Waals surface area contributed by atoms with Gasteiger partial charge in [-0.3, -0.25) is 9.69 Å². The van der Waals surface area contributed by atoms with Crippen molar-refractivity contribution in [1.82, 2.24) is 19.8 Å². The van der Waals surface area contributed by atoms with Crippen LogP contribution in [0.25, 0.3) is 0 Å². The van der Waals surface area contributed by atoms with E-state index in [1.807, 2.05) is 85.6 Å². The molecule has 1 N–H and O–H groups in total. The number of ether oxygens (including phenoxy) is 1. The molecule has 2 aromatic carbocycles. The highest BCUT2D eigenvalue weighted by atomic mass is 32.1. The highest BCUT2D eigenvalue weighted by Gasteiger charge is 2.37. The molecule has 7 nitrogen and oxygen atoms in total. The summed E-state index contributed by atoms with van der Waals surface area (Å²) >= 11 is 6.98. The van der Waals surface area contributed by atoms with E-state index in [1.165, 1.54) is 11.5 Å². The van der Waals surface area contributed by atoms with Crippen LogP contribution in [0.2, 0.25) is 0 Å². The number of likely N-dealkylation sites (N-methyl/N-ethyl adjacent to an activating group) is 1. The maximum Gasteiger partial charge on any atom is 0.254 e. The Balaban J connectivity index is 1.64. The number of allylic oxidation sites excluding steroid dienone is 1. The molecular weight excluding hydrogens is 466 g/mol. The molecule has 3 aromatic rings. The smallest absolute Gasteiger partial charge is 0.254 e. The van der Waals surface area contributed by atoms with Gasteiger partial charge in [0.15, 0.2) is 5.11 Å². The molecule has 0 saturated heterocycles. The van der Waals surface area contributed by atoms with Gasteiger partial charge in [0.1, 0.15) is 24.1 Å². The number of aromatic nitrogens is 2. The van der Waals surface area contributed by atoms with Crippen LogP contribution in [0.1, 0.15) is 38.1 Å². The number of anilines is 1. The van der Waals surface area contributed by atoms with Crippen LogP contribution in [0.15, 0.2) is 71.2 Å². The van der Waals surface area contributed by atoms with Crippen LogP contribution < -0.4 is 15.0 Å². The number of benzene rings is 2. The lowest BCUT2D eigenvalue weighted by molar-refractivity contribution is -0.127. The normalized spacial score (nSPS) is 15.8. The molecule has 1 aromatic heterocycles. The van der Waals surface area contributed by atoms with Gasteiger partial charge in [0, 0.05) is 29.9 Å². The molecule has 1 aliphatic rings. The quantitative estimate of drug-likeness (QED) is 0.456. The maximum absolute atomic E-state index is 13.5. The summed E-state index contributed by atoms with van der Waals surface area (Å²) in [4.78, 5) is 17.2. The number of carbonyl (C=O) groups is 1. The lowest BCUT2D eigenvalue weighted by Gasteiger charge is -2.38. The summed E-state index contributed by atoms with van der Waals surface area (Å²) in [5.41, 5.74) is 4.04. The first kappa shape index (κ1) is 23.8. The van der Waals surface area contributed by atoms with E-state index in [2.05, 4.69) is 14.9 Å². The third-order valence-corrected chi connectivity index (χ3v) is 6.60. The fraction of sp³-hybridized carbons (Fsp3) is 0.280. The second-order valence-electron chi connectivity index (χ2n) is 7.79.